The summed E-state index contributed by atoms with van der Waals surface area (Å²) in [5.41, 5.74) is 0. The molecule has 3 aliphatic carbocycles. The van der Waals surface area contributed by atoms with Crippen LogP contribution in [0, 0.1) is 35.5 Å². The normalized spacial score (nSPS) is 23.2. The van der Waals surface area contributed by atoms with Crippen molar-refractivity contribution in [2.24, 2.45) is 35.5 Å². The first-order chi connectivity index (χ1) is 17.4. The summed E-state index contributed by atoms with van der Waals surface area (Å²) in [5, 5.41) is 0. The number of hydrogen-bond donors (Lipinski definition) is 0. The maximum atomic E-state index is 2.39. The molecule has 0 aliphatic heterocycles. The minimum atomic E-state index is 0.920. The first-order valence-corrected chi connectivity index (χ1v) is 17.4. The third kappa shape index (κ3) is 18.3. The Hall–Kier alpha value is 0. The van der Waals surface area contributed by atoms with E-state index in [1.54, 1.807) is 0 Å². The van der Waals surface area contributed by atoms with Gasteiger partial charge in [-0.2, -0.15) is 0 Å². The van der Waals surface area contributed by atoms with E-state index >= 15 is 0 Å². The molecule has 0 N–H and O–H groups in total. The van der Waals surface area contributed by atoms with Gasteiger partial charge in [-0.1, -0.05) is 196 Å². The van der Waals surface area contributed by atoms with Gasteiger partial charge >= 0.3 is 0 Å². The first kappa shape index (κ1) is 34.0. The number of rotatable bonds is 3. The van der Waals surface area contributed by atoms with Crippen molar-refractivity contribution >= 4 is 0 Å². The molecular weight excluding hydrogens is 432 g/mol. The zero-order valence-corrected chi connectivity index (χ0v) is 26.4. The summed E-state index contributed by atoms with van der Waals surface area (Å²) in [6, 6.07) is 0. The zero-order chi connectivity index (χ0) is 26.4. The third-order valence-corrected chi connectivity index (χ3v) is 10.0. The average molecular weight is 505 g/mol. The van der Waals surface area contributed by atoms with E-state index in [-0.39, 0.29) is 0 Å². The second-order valence-electron chi connectivity index (χ2n) is 14.1. The summed E-state index contributed by atoms with van der Waals surface area (Å²) in [6.07, 6.45) is 35.8. The van der Waals surface area contributed by atoms with Crippen LogP contribution < -0.4 is 0 Å². The fraction of sp³-hybridized carbons (Fsp3) is 1.00. The summed E-state index contributed by atoms with van der Waals surface area (Å²) in [7, 11) is 0. The Morgan fingerprint density at radius 1 is 0.250 bits per heavy atom. The highest BCUT2D eigenvalue weighted by Gasteiger charge is 2.15. The van der Waals surface area contributed by atoms with Crippen LogP contribution in [-0.2, 0) is 0 Å². The predicted octanol–water partition coefficient (Wildman–Crippen LogP) is 13.2. The minimum Gasteiger partial charge on any atom is -0.0625 e. The van der Waals surface area contributed by atoms with Crippen molar-refractivity contribution in [2.45, 2.75) is 196 Å². The molecule has 3 aliphatic rings. The molecular formula is C36H72. The maximum absolute atomic E-state index is 2.39. The van der Waals surface area contributed by atoms with Crippen LogP contribution in [0.3, 0.4) is 0 Å². The molecule has 0 saturated heterocycles. The summed E-state index contributed by atoms with van der Waals surface area (Å²) in [4.78, 5) is 0. The molecule has 0 aromatic heterocycles. The molecule has 0 aromatic carbocycles. The maximum Gasteiger partial charge on any atom is -0.0391 e. The Bertz CT molecular complexity index is 350. The molecule has 0 atom stereocenters. The van der Waals surface area contributed by atoms with E-state index in [0.717, 1.165) is 35.5 Å². The van der Waals surface area contributed by atoms with Gasteiger partial charge in [0, 0.05) is 0 Å². The van der Waals surface area contributed by atoms with Gasteiger partial charge in [-0.15, -0.1) is 0 Å². The second-order valence-corrected chi connectivity index (χ2v) is 14.1. The lowest BCUT2D eigenvalue weighted by Gasteiger charge is -2.19. The summed E-state index contributed by atoms with van der Waals surface area (Å²) >= 11 is 0. The van der Waals surface area contributed by atoms with E-state index in [9.17, 15) is 0 Å². The first-order valence-electron chi connectivity index (χ1n) is 17.4. The monoisotopic (exact) mass is 505 g/mol. The van der Waals surface area contributed by atoms with Gasteiger partial charge in [-0.25, -0.2) is 0 Å². The van der Waals surface area contributed by atoms with Crippen molar-refractivity contribution in [3.05, 3.63) is 0 Å². The standard InChI is InChI=1S/3C12H24/c3*1-11(2)12-9-7-5-3-4-6-8-10-12/h3*11-12H,3-10H2,1-2H3. The van der Waals surface area contributed by atoms with E-state index in [4.69, 9.17) is 0 Å². The van der Waals surface area contributed by atoms with Crippen LogP contribution in [0.4, 0.5) is 0 Å². The predicted molar refractivity (Wildman–Crippen MR) is 166 cm³/mol. The summed E-state index contributed by atoms with van der Waals surface area (Å²) in [6.45, 7) is 14.3. The van der Waals surface area contributed by atoms with E-state index in [2.05, 4.69) is 41.5 Å². The molecule has 0 amide bonds. The molecule has 3 saturated carbocycles. The highest BCUT2D eigenvalue weighted by Crippen LogP contribution is 2.29. The Labute approximate surface area is 231 Å². The Balaban J connectivity index is 0.000000270. The Morgan fingerprint density at radius 3 is 0.528 bits per heavy atom. The Morgan fingerprint density at radius 2 is 0.389 bits per heavy atom. The third-order valence-electron chi connectivity index (χ3n) is 10.0. The molecule has 0 heterocycles. The van der Waals surface area contributed by atoms with E-state index in [0.29, 0.717) is 0 Å². The van der Waals surface area contributed by atoms with Gasteiger partial charge in [0.2, 0.25) is 0 Å². The van der Waals surface area contributed by atoms with E-state index < -0.39 is 0 Å². The lowest BCUT2D eigenvalue weighted by Crippen LogP contribution is -2.08. The van der Waals surface area contributed by atoms with Crippen molar-refractivity contribution in [3.63, 3.8) is 0 Å². The highest BCUT2D eigenvalue weighted by atomic mass is 14.2. The topological polar surface area (TPSA) is 0 Å². The molecule has 0 spiro atoms. The van der Waals surface area contributed by atoms with Gasteiger partial charge < -0.3 is 0 Å². The van der Waals surface area contributed by atoms with Crippen LogP contribution in [0.25, 0.3) is 0 Å². The van der Waals surface area contributed by atoms with Crippen molar-refractivity contribution in [3.8, 4) is 0 Å². The van der Waals surface area contributed by atoms with Gasteiger partial charge in [-0.05, 0) is 35.5 Å². The quantitative estimate of drug-likeness (QED) is 0.358. The molecule has 0 radical (unpaired) electrons. The summed E-state index contributed by atoms with van der Waals surface area (Å²) in [5.74, 6) is 5.85. The van der Waals surface area contributed by atoms with Crippen LogP contribution in [0.5, 0.6) is 0 Å². The number of hydrogen-bond acceptors (Lipinski definition) is 0. The Kier molecular flexibility index (Phi) is 21.7. The largest absolute Gasteiger partial charge is 0.0625 e. The van der Waals surface area contributed by atoms with E-state index in [1.807, 2.05) is 0 Å². The lowest BCUT2D eigenvalue weighted by molar-refractivity contribution is 0.324. The van der Waals surface area contributed by atoms with Crippen molar-refractivity contribution < 1.29 is 0 Å². The summed E-state index contributed by atoms with van der Waals surface area (Å²) < 4.78 is 0. The van der Waals surface area contributed by atoms with Crippen molar-refractivity contribution in [1.82, 2.24) is 0 Å². The van der Waals surface area contributed by atoms with Gasteiger partial charge in [-0.3, -0.25) is 0 Å². The SMILES string of the molecule is CC(C)C1CCCCCCCC1.CC(C)C1CCCCCCCC1.CC(C)C1CCCCCCCC1. The second kappa shape index (κ2) is 22.9. The molecule has 3 fully saturated rings. The van der Waals surface area contributed by atoms with Gasteiger partial charge in [0.1, 0.15) is 0 Å². The van der Waals surface area contributed by atoms with E-state index in [1.165, 1.54) is 154 Å². The average Bonchev–Trinajstić information content (AvgIpc) is 3.15. The van der Waals surface area contributed by atoms with Crippen LogP contribution in [0.15, 0.2) is 0 Å². The van der Waals surface area contributed by atoms with Crippen LogP contribution in [0.2, 0.25) is 0 Å². The molecule has 0 heteroatoms. The molecule has 0 bridgehead atoms. The van der Waals surface area contributed by atoms with Crippen LogP contribution in [0.1, 0.15) is 196 Å². The molecule has 36 heavy (non-hydrogen) atoms. The van der Waals surface area contributed by atoms with Crippen molar-refractivity contribution in [2.75, 3.05) is 0 Å². The molecule has 0 unspecified atom stereocenters. The fourth-order valence-corrected chi connectivity index (χ4v) is 6.99. The molecule has 0 aromatic rings. The van der Waals surface area contributed by atoms with Gasteiger partial charge in [0.15, 0.2) is 0 Å². The molecule has 216 valence electrons. The smallest absolute Gasteiger partial charge is 0.0391 e. The fourth-order valence-electron chi connectivity index (χ4n) is 6.99. The van der Waals surface area contributed by atoms with Crippen molar-refractivity contribution in [1.29, 1.82) is 0 Å². The molecule has 0 nitrogen and oxygen atoms in total. The van der Waals surface area contributed by atoms with Crippen LogP contribution in [-0.4, -0.2) is 0 Å². The minimum absolute atomic E-state index is 0.920. The van der Waals surface area contributed by atoms with Crippen LogP contribution >= 0.6 is 0 Å². The molecule has 3 rings (SSSR count). The zero-order valence-electron chi connectivity index (χ0n) is 26.4. The lowest BCUT2D eigenvalue weighted by atomic mass is 9.87. The van der Waals surface area contributed by atoms with Gasteiger partial charge in [0.25, 0.3) is 0 Å². The highest BCUT2D eigenvalue weighted by molar-refractivity contribution is 4.67. The van der Waals surface area contributed by atoms with Gasteiger partial charge in [0.05, 0.1) is 0 Å².